The average Bonchev–Trinajstić information content (AvgIpc) is 3.29. The molecule has 0 saturated heterocycles. The Morgan fingerprint density at radius 3 is 2.69 bits per heavy atom. The van der Waals surface area contributed by atoms with Crippen molar-refractivity contribution in [2.75, 3.05) is 0 Å². The molecule has 1 N–H and O–H groups in total. The maximum Gasteiger partial charge on any atom is 0.124 e. The van der Waals surface area contributed by atoms with Gasteiger partial charge in [-0.1, -0.05) is 50.3 Å². The highest BCUT2D eigenvalue weighted by molar-refractivity contribution is 7.16. The first-order valence-corrected chi connectivity index (χ1v) is 12.3. The van der Waals surface area contributed by atoms with Crippen molar-refractivity contribution in [1.82, 2.24) is 4.98 Å². The standard InChI is InChI=1S/C26H31NOS/c1-25-15-13-21-23(29-24(27-21)16-6-4-3-5-7-16)20(25)9-8-17-18-10-11-22(28)26(18,2)14-12-19(17)25/h3-7,9,17-19,22,28H,8,10-15H2,1-2H3/t17-,18-,19-,22?,25+,26-/m0/s1. The van der Waals surface area contributed by atoms with Crippen molar-refractivity contribution in [1.29, 1.82) is 0 Å². The van der Waals surface area contributed by atoms with E-state index >= 15 is 0 Å². The number of rotatable bonds is 1. The van der Waals surface area contributed by atoms with Gasteiger partial charge < -0.3 is 5.11 Å². The summed E-state index contributed by atoms with van der Waals surface area (Å²) in [5.74, 6) is 2.22. The second-order valence-corrected chi connectivity index (χ2v) is 11.4. The monoisotopic (exact) mass is 405 g/mol. The number of benzene rings is 1. The number of allylic oxidation sites excluding steroid dienone is 2. The number of aliphatic hydroxyl groups excluding tert-OH is 1. The summed E-state index contributed by atoms with van der Waals surface area (Å²) in [6.45, 7) is 4.93. The van der Waals surface area contributed by atoms with Crippen LogP contribution in [0.3, 0.4) is 0 Å². The lowest BCUT2D eigenvalue weighted by Crippen LogP contribution is -2.50. The largest absolute Gasteiger partial charge is 0.393 e. The Morgan fingerprint density at radius 1 is 1.03 bits per heavy atom. The first kappa shape index (κ1) is 18.3. The molecule has 1 aromatic carbocycles. The van der Waals surface area contributed by atoms with Crippen molar-refractivity contribution in [3.05, 3.63) is 47.0 Å². The molecule has 0 aliphatic heterocycles. The number of aryl methyl sites for hydroxylation is 1. The van der Waals surface area contributed by atoms with Gasteiger partial charge in [-0.05, 0) is 79.1 Å². The lowest BCUT2D eigenvalue weighted by atomic mass is 9.48. The summed E-state index contributed by atoms with van der Waals surface area (Å²) in [5.41, 5.74) is 4.62. The molecule has 2 fully saturated rings. The van der Waals surface area contributed by atoms with Crippen molar-refractivity contribution in [3.8, 4) is 10.6 Å². The Kier molecular flexibility index (Phi) is 3.97. The quantitative estimate of drug-likeness (QED) is 0.599. The minimum Gasteiger partial charge on any atom is -0.393 e. The predicted octanol–water partition coefficient (Wildman–Crippen LogP) is 6.35. The van der Waals surface area contributed by atoms with Gasteiger partial charge in [0, 0.05) is 5.56 Å². The normalized spacial score (nSPS) is 40.4. The molecule has 152 valence electrons. The van der Waals surface area contributed by atoms with Gasteiger partial charge in [0.05, 0.1) is 16.7 Å². The second-order valence-electron chi connectivity index (χ2n) is 10.4. The Labute approximate surface area is 178 Å². The molecule has 4 aliphatic carbocycles. The molecule has 1 unspecified atom stereocenters. The summed E-state index contributed by atoms with van der Waals surface area (Å²) in [5, 5.41) is 11.9. The molecule has 1 aromatic heterocycles. The second kappa shape index (κ2) is 6.28. The van der Waals surface area contributed by atoms with Crippen molar-refractivity contribution in [2.24, 2.45) is 28.6 Å². The van der Waals surface area contributed by atoms with E-state index in [2.05, 4.69) is 50.3 Å². The van der Waals surface area contributed by atoms with E-state index in [4.69, 9.17) is 4.98 Å². The van der Waals surface area contributed by atoms with Crippen LogP contribution in [-0.4, -0.2) is 16.2 Å². The first-order chi connectivity index (χ1) is 14.0. The zero-order valence-electron chi connectivity index (χ0n) is 17.5. The van der Waals surface area contributed by atoms with Gasteiger partial charge in [-0.3, -0.25) is 0 Å². The van der Waals surface area contributed by atoms with Crippen molar-refractivity contribution in [2.45, 2.75) is 64.9 Å². The fourth-order valence-electron chi connectivity index (χ4n) is 7.55. The number of aliphatic hydroxyl groups is 1. The van der Waals surface area contributed by atoms with Crippen LogP contribution in [0, 0.1) is 28.6 Å². The van der Waals surface area contributed by atoms with Crippen LogP contribution in [0.15, 0.2) is 36.4 Å². The number of nitrogens with zero attached hydrogens (tertiary/aromatic N) is 1. The molecule has 0 bridgehead atoms. The van der Waals surface area contributed by atoms with E-state index < -0.39 is 0 Å². The van der Waals surface area contributed by atoms with Gasteiger partial charge in [-0.25, -0.2) is 4.98 Å². The molecule has 29 heavy (non-hydrogen) atoms. The third-order valence-corrected chi connectivity index (χ3v) is 10.4. The summed E-state index contributed by atoms with van der Waals surface area (Å²) < 4.78 is 0. The molecule has 6 rings (SSSR count). The smallest absolute Gasteiger partial charge is 0.124 e. The minimum absolute atomic E-state index is 0.0838. The Balaban J connectivity index is 1.40. The van der Waals surface area contributed by atoms with Crippen molar-refractivity contribution >= 4 is 16.9 Å². The number of aromatic nitrogens is 1. The van der Waals surface area contributed by atoms with E-state index in [1.807, 2.05) is 11.3 Å². The third kappa shape index (κ3) is 2.47. The van der Waals surface area contributed by atoms with Gasteiger partial charge in [0.15, 0.2) is 0 Å². The zero-order chi connectivity index (χ0) is 19.8. The molecular formula is C26H31NOS. The van der Waals surface area contributed by atoms with Gasteiger partial charge in [-0.15, -0.1) is 11.3 Å². The Bertz CT molecular complexity index is 978. The summed E-state index contributed by atoms with van der Waals surface area (Å²) >= 11 is 1.91. The molecule has 0 amide bonds. The molecule has 6 atom stereocenters. The van der Waals surface area contributed by atoms with Crippen LogP contribution in [0.2, 0.25) is 0 Å². The van der Waals surface area contributed by atoms with Crippen LogP contribution >= 0.6 is 11.3 Å². The highest BCUT2D eigenvalue weighted by Gasteiger charge is 2.58. The minimum atomic E-state index is -0.0838. The van der Waals surface area contributed by atoms with Gasteiger partial charge in [0.25, 0.3) is 0 Å². The number of thiazole rings is 1. The number of hydrogen-bond acceptors (Lipinski definition) is 3. The van der Waals surface area contributed by atoms with Gasteiger partial charge in [-0.2, -0.15) is 0 Å². The summed E-state index contributed by atoms with van der Waals surface area (Å²) in [6, 6.07) is 10.7. The lowest BCUT2D eigenvalue weighted by Gasteiger charge is -2.56. The maximum atomic E-state index is 10.7. The first-order valence-electron chi connectivity index (χ1n) is 11.4. The van der Waals surface area contributed by atoms with Crippen LogP contribution in [0.4, 0.5) is 0 Å². The molecule has 2 nitrogen and oxygen atoms in total. The van der Waals surface area contributed by atoms with Crippen LogP contribution in [0.5, 0.6) is 0 Å². The molecule has 2 aromatic rings. The highest BCUT2D eigenvalue weighted by atomic mass is 32.1. The number of fused-ring (bicyclic) bond motifs is 7. The van der Waals surface area contributed by atoms with Crippen LogP contribution in [-0.2, 0) is 6.42 Å². The number of hydrogen-bond donors (Lipinski definition) is 1. The molecule has 2 saturated carbocycles. The average molecular weight is 406 g/mol. The van der Waals surface area contributed by atoms with Crippen LogP contribution < -0.4 is 0 Å². The summed E-state index contributed by atoms with van der Waals surface area (Å²) in [7, 11) is 0. The molecule has 1 heterocycles. The summed E-state index contributed by atoms with van der Waals surface area (Å²) in [4.78, 5) is 6.53. The molecular weight excluding hydrogens is 374 g/mol. The van der Waals surface area contributed by atoms with E-state index in [1.54, 1.807) is 5.57 Å². The lowest BCUT2D eigenvalue weighted by molar-refractivity contribution is -0.0579. The Hall–Kier alpha value is -1.45. The zero-order valence-corrected chi connectivity index (χ0v) is 18.3. The molecule has 3 heteroatoms. The van der Waals surface area contributed by atoms with Gasteiger partial charge in [0.1, 0.15) is 5.01 Å². The van der Waals surface area contributed by atoms with Gasteiger partial charge >= 0.3 is 0 Å². The fraction of sp³-hybridized carbons (Fsp3) is 0.577. The van der Waals surface area contributed by atoms with E-state index in [0.29, 0.717) is 5.92 Å². The van der Waals surface area contributed by atoms with Crippen LogP contribution in [0.1, 0.15) is 62.9 Å². The topological polar surface area (TPSA) is 33.1 Å². The van der Waals surface area contributed by atoms with E-state index in [9.17, 15) is 5.11 Å². The van der Waals surface area contributed by atoms with E-state index in [1.165, 1.54) is 53.2 Å². The van der Waals surface area contributed by atoms with E-state index in [0.717, 1.165) is 24.7 Å². The molecule has 0 spiro atoms. The predicted molar refractivity (Wildman–Crippen MR) is 120 cm³/mol. The van der Waals surface area contributed by atoms with Gasteiger partial charge in [0.2, 0.25) is 0 Å². The SMILES string of the molecule is C[C@]12CCc3nc(-c4ccccc4)sc3C1=CC[C@@H]1[C@@H]2CC[C@]2(C)C(O)CC[C@@H]12. The van der Waals surface area contributed by atoms with Crippen molar-refractivity contribution < 1.29 is 5.11 Å². The maximum absolute atomic E-state index is 10.7. The van der Waals surface area contributed by atoms with Crippen LogP contribution in [0.25, 0.3) is 16.1 Å². The molecule has 4 aliphatic rings. The highest BCUT2D eigenvalue weighted by Crippen LogP contribution is 2.66. The molecule has 0 radical (unpaired) electrons. The fourth-order valence-corrected chi connectivity index (χ4v) is 8.85. The summed E-state index contributed by atoms with van der Waals surface area (Å²) in [6.07, 6.45) is 10.8. The Morgan fingerprint density at radius 2 is 1.86 bits per heavy atom. The van der Waals surface area contributed by atoms with Crippen molar-refractivity contribution in [3.63, 3.8) is 0 Å². The third-order valence-electron chi connectivity index (χ3n) is 9.26. The van der Waals surface area contributed by atoms with E-state index in [-0.39, 0.29) is 16.9 Å².